The van der Waals surface area contributed by atoms with Crippen molar-refractivity contribution in [3.8, 4) is 5.69 Å². The van der Waals surface area contributed by atoms with E-state index in [1.165, 1.54) is 29.9 Å². The van der Waals surface area contributed by atoms with Crippen LogP contribution < -0.4 is 5.73 Å². The summed E-state index contributed by atoms with van der Waals surface area (Å²) in [7, 11) is 1.24. The van der Waals surface area contributed by atoms with Gasteiger partial charge in [-0.05, 0) is 18.2 Å². The van der Waals surface area contributed by atoms with Gasteiger partial charge in [-0.15, -0.1) is 0 Å². The molecule has 0 saturated heterocycles. The van der Waals surface area contributed by atoms with E-state index in [1.54, 1.807) is 0 Å². The van der Waals surface area contributed by atoms with Crippen LogP contribution in [0.1, 0.15) is 23.2 Å². The zero-order valence-electron chi connectivity index (χ0n) is 11.0. The number of hydrogen-bond acceptors (Lipinski definition) is 4. The summed E-state index contributed by atoms with van der Waals surface area (Å²) in [4.78, 5) is 15.7. The Balaban J connectivity index is 2.70. The molecular weight excluding hydrogens is 285 g/mol. The molecule has 2 rings (SSSR count). The molecule has 0 bridgehead atoms. The van der Waals surface area contributed by atoms with Crippen molar-refractivity contribution in [2.45, 2.75) is 13.3 Å². The van der Waals surface area contributed by atoms with Crippen LogP contribution in [0.3, 0.4) is 0 Å². The quantitative estimate of drug-likeness (QED) is 0.884. The van der Waals surface area contributed by atoms with E-state index >= 15 is 0 Å². The molecule has 5 nitrogen and oxygen atoms in total. The molecule has 0 spiro atoms. The SMILES string of the molecule is CCc1nc(C(=O)OC)c(N)n1-c1cc(F)ccc1Cl. The number of nitrogen functional groups attached to an aromatic ring is 1. The molecule has 7 heteroatoms. The van der Waals surface area contributed by atoms with Gasteiger partial charge in [0, 0.05) is 6.42 Å². The lowest BCUT2D eigenvalue weighted by Gasteiger charge is -2.10. The van der Waals surface area contributed by atoms with Gasteiger partial charge in [-0.25, -0.2) is 14.2 Å². The number of carbonyl (C=O) groups excluding carboxylic acids is 1. The highest BCUT2D eigenvalue weighted by Crippen LogP contribution is 2.28. The average Bonchev–Trinajstić information content (AvgIpc) is 2.77. The number of halogens is 2. The molecule has 0 radical (unpaired) electrons. The van der Waals surface area contributed by atoms with Gasteiger partial charge in [0.25, 0.3) is 0 Å². The molecule has 0 aliphatic rings. The maximum absolute atomic E-state index is 13.4. The molecule has 0 amide bonds. The Labute approximate surface area is 120 Å². The summed E-state index contributed by atoms with van der Waals surface area (Å²) < 4.78 is 19.5. The number of methoxy groups -OCH3 is 1. The van der Waals surface area contributed by atoms with Crippen molar-refractivity contribution in [3.05, 3.63) is 40.6 Å². The van der Waals surface area contributed by atoms with Crippen molar-refractivity contribution < 1.29 is 13.9 Å². The smallest absolute Gasteiger partial charge is 0.360 e. The van der Waals surface area contributed by atoms with E-state index in [4.69, 9.17) is 17.3 Å². The third-order valence-electron chi connectivity index (χ3n) is 2.83. The van der Waals surface area contributed by atoms with Gasteiger partial charge in [0.1, 0.15) is 17.5 Å². The zero-order valence-corrected chi connectivity index (χ0v) is 11.7. The van der Waals surface area contributed by atoms with Gasteiger partial charge >= 0.3 is 5.97 Å². The van der Waals surface area contributed by atoms with Crippen LogP contribution in [0.25, 0.3) is 5.69 Å². The number of ether oxygens (including phenoxy) is 1. The third-order valence-corrected chi connectivity index (χ3v) is 3.15. The Morgan fingerprint density at radius 2 is 2.25 bits per heavy atom. The topological polar surface area (TPSA) is 70.1 Å². The van der Waals surface area contributed by atoms with Crippen molar-refractivity contribution in [2.75, 3.05) is 12.8 Å². The largest absolute Gasteiger partial charge is 0.464 e. The predicted molar refractivity (Wildman–Crippen MR) is 73.7 cm³/mol. The molecular formula is C13H13ClFN3O2. The maximum atomic E-state index is 13.4. The first kappa shape index (κ1) is 14.3. The van der Waals surface area contributed by atoms with Crippen molar-refractivity contribution in [1.82, 2.24) is 9.55 Å². The van der Waals surface area contributed by atoms with Gasteiger partial charge < -0.3 is 10.5 Å². The van der Waals surface area contributed by atoms with Crippen LogP contribution in [0.5, 0.6) is 0 Å². The highest BCUT2D eigenvalue weighted by Gasteiger charge is 2.22. The van der Waals surface area contributed by atoms with Gasteiger partial charge in [0.05, 0.1) is 17.8 Å². The summed E-state index contributed by atoms with van der Waals surface area (Å²) in [6.45, 7) is 1.84. The number of anilines is 1. The minimum atomic E-state index is -0.650. The summed E-state index contributed by atoms with van der Waals surface area (Å²) in [6, 6.07) is 3.90. The number of esters is 1. The number of carbonyl (C=O) groups is 1. The lowest BCUT2D eigenvalue weighted by molar-refractivity contribution is 0.0596. The van der Waals surface area contributed by atoms with Crippen LogP contribution in [-0.4, -0.2) is 22.6 Å². The number of aryl methyl sites for hydroxylation is 1. The minimum absolute atomic E-state index is 0.00956. The number of nitrogens with two attached hydrogens (primary N) is 1. The monoisotopic (exact) mass is 297 g/mol. The molecule has 1 heterocycles. The van der Waals surface area contributed by atoms with Crippen molar-refractivity contribution in [3.63, 3.8) is 0 Å². The van der Waals surface area contributed by atoms with Crippen LogP contribution in [0.15, 0.2) is 18.2 Å². The summed E-state index contributed by atoms with van der Waals surface area (Å²) in [6.07, 6.45) is 0.494. The van der Waals surface area contributed by atoms with Crippen LogP contribution in [-0.2, 0) is 11.2 Å². The maximum Gasteiger partial charge on any atom is 0.360 e. The van der Waals surface area contributed by atoms with E-state index in [0.717, 1.165) is 0 Å². The molecule has 0 atom stereocenters. The molecule has 0 fully saturated rings. The second kappa shape index (κ2) is 5.50. The first-order valence-electron chi connectivity index (χ1n) is 5.90. The Morgan fingerprint density at radius 1 is 1.55 bits per heavy atom. The fourth-order valence-electron chi connectivity index (χ4n) is 1.89. The molecule has 0 aliphatic carbocycles. The van der Waals surface area contributed by atoms with Gasteiger partial charge in [-0.1, -0.05) is 18.5 Å². The first-order chi connectivity index (χ1) is 9.49. The number of rotatable bonds is 3. The molecule has 0 aliphatic heterocycles. The van der Waals surface area contributed by atoms with E-state index in [1.807, 2.05) is 6.92 Å². The predicted octanol–water partition coefficient (Wildman–Crippen LogP) is 2.60. The van der Waals surface area contributed by atoms with Crippen LogP contribution in [0, 0.1) is 5.82 Å². The fraction of sp³-hybridized carbons (Fsp3) is 0.231. The van der Waals surface area contributed by atoms with E-state index in [9.17, 15) is 9.18 Å². The number of aromatic nitrogens is 2. The number of benzene rings is 1. The molecule has 0 saturated carbocycles. The molecule has 2 N–H and O–H groups in total. The number of hydrogen-bond donors (Lipinski definition) is 1. The Hall–Kier alpha value is -2.08. The highest BCUT2D eigenvalue weighted by molar-refractivity contribution is 6.32. The van der Waals surface area contributed by atoms with Crippen LogP contribution in [0.2, 0.25) is 5.02 Å². The summed E-state index contributed by atoms with van der Waals surface area (Å²) >= 11 is 6.07. The second-order valence-electron chi connectivity index (χ2n) is 4.04. The van der Waals surface area contributed by atoms with E-state index in [2.05, 4.69) is 9.72 Å². The molecule has 2 aromatic rings. The molecule has 0 unspecified atom stereocenters. The van der Waals surface area contributed by atoms with Crippen molar-refractivity contribution >= 4 is 23.4 Å². The second-order valence-corrected chi connectivity index (χ2v) is 4.45. The fourth-order valence-corrected chi connectivity index (χ4v) is 2.09. The molecule has 20 heavy (non-hydrogen) atoms. The van der Waals surface area contributed by atoms with Crippen LogP contribution in [0.4, 0.5) is 10.2 Å². The minimum Gasteiger partial charge on any atom is -0.464 e. The number of imidazole rings is 1. The van der Waals surface area contributed by atoms with Crippen molar-refractivity contribution in [1.29, 1.82) is 0 Å². The molecule has 1 aromatic heterocycles. The third kappa shape index (κ3) is 2.34. The summed E-state index contributed by atoms with van der Waals surface area (Å²) in [5, 5.41) is 0.307. The first-order valence-corrected chi connectivity index (χ1v) is 6.28. The normalized spacial score (nSPS) is 10.6. The van der Waals surface area contributed by atoms with E-state index in [0.29, 0.717) is 23.0 Å². The zero-order chi connectivity index (χ0) is 14.9. The van der Waals surface area contributed by atoms with Crippen LogP contribution >= 0.6 is 11.6 Å². The summed E-state index contributed by atoms with van der Waals surface area (Å²) in [5.41, 5.74) is 6.25. The van der Waals surface area contributed by atoms with Crippen molar-refractivity contribution in [2.24, 2.45) is 0 Å². The molecule has 106 valence electrons. The van der Waals surface area contributed by atoms with Gasteiger partial charge in [0.15, 0.2) is 5.69 Å². The average molecular weight is 298 g/mol. The van der Waals surface area contributed by atoms with E-state index in [-0.39, 0.29) is 11.5 Å². The highest BCUT2D eigenvalue weighted by atomic mass is 35.5. The Kier molecular flexibility index (Phi) is 3.94. The van der Waals surface area contributed by atoms with Gasteiger partial charge in [0.2, 0.25) is 0 Å². The Bertz CT molecular complexity index is 670. The standard InChI is InChI=1S/C13H13ClFN3O2/c1-3-10-17-11(13(19)20-2)12(16)18(10)9-6-7(15)4-5-8(9)14/h4-6H,3,16H2,1-2H3. The molecule has 1 aromatic carbocycles. The lowest BCUT2D eigenvalue weighted by Crippen LogP contribution is -2.08. The van der Waals surface area contributed by atoms with Gasteiger partial charge in [-0.2, -0.15) is 0 Å². The Morgan fingerprint density at radius 3 is 2.85 bits per heavy atom. The van der Waals surface area contributed by atoms with Gasteiger partial charge in [-0.3, -0.25) is 4.57 Å². The lowest BCUT2D eigenvalue weighted by atomic mass is 10.3. The number of nitrogens with zero attached hydrogens (tertiary/aromatic N) is 2. The summed E-state index contributed by atoms with van der Waals surface area (Å²) in [5.74, 6) is -0.542. The van der Waals surface area contributed by atoms with E-state index < -0.39 is 11.8 Å².